The fourth-order valence-electron chi connectivity index (χ4n) is 8.34. The van der Waals surface area contributed by atoms with Gasteiger partial charge in [-0.2, -0.15) is 4.98 Å². The van der Waals surface area contributed by atoms with E-state index in [1.807, 2.05) is 20.8 Å². The number of piperazine rings is 1. The number of aromatic nitrogens is 2. The zero-order chi connectivity index (χ0) is 36.4. The Labute approximate surface area is 294 Å². The fourth-order valence-corrected chi connectivity index (χ4v) is 8.34. The highest BCUT2D eigenvalue weighted by Gasteiger charge is 2.54. The van der Waals surface area contributed by atoms with E-state index in [1.165, 1.54) is 31.6 Å². The van der Waals surface area contributed by atoms with Crippen molar-refractivity contribution >= 4 is 29.9 Å². The first-order chi connectivity index (χ1) is 23.5. The van der Waals surface area contributed by atoms with Gasteiger partial charge in [0.2, 0.25) is 5.91 Å². The third-order valence-corrected chi connectivity index (χ3v) is 10.9. The van der Waals surface area contributed by atoms with Gasteiger partial charge in [-0.15, -0.1) is 0 Å². The number of anilines is 1. The van der Waals surface area contributed by atoms with Crippen LogP contribution in [-0.4, -0.2) is 116 Å². The van der Waals surface area contributed by atoms with Crippen molar-refractivity contribution in [2.75, 3.05) is 44.6 Å². The highest BCUT2D eigenvalue weighted by atomic mass is 16.6. The SMILES string of the molecule is CCN(C[C@H]1CC[C@H](n2ccc(NC(=O)N3CCN(C(=O)C(C)(C)NC(=O)O)CC3)nc2=O)CC1)C1CC2(CC(NC(=O)OC(C)(C)C)C2)C1. The van der Waals surface area contributed by atoms with Crippen LogP contribution in [0.15, 0.2) is 17.1 Å². The van der Waals surface area contributed by atoms with Crippen LogP contribution >= 0.6 is 0 Å². The lowest BCUT2D eigenvalue weighted by molar-refractivity contribution is -0.138. The van der Waals surface area contributed by atoms with Gasteiger partial charge in [0.15, 0.2) is 0 Å². The van der Waals surface area contributed by atoms with Gasteiger partial charge in [-0.1, -0.05) is 6.92 Å². The van der Waals surface area contributed by atoms with Gasteiger partial charge < -0.3 is 35.2 Å². The van der Waals surface area contributed by atoms with Crippen LogP contribution in [0.25, 0.3) is 0 Å². The van der Waals surface area contributed by atoms with Crippen molar-refractivity contribution in [1.82, 2.24) is 34.9 Å². The third kappa shape index (κ3) is 9.07. The van der Waals surface area contributed by atoms with E-state index >= 15 is 0 Å². The molecule has 0 radical (unpaired) electrons. The molecule has 15 nitrogen and oxygen atoms in total. The summed E-state index contributed by atoms with van der Waals surface area (Å²) < 4.78 is 7.10. The van der Waals surface area contributed by atoms with E-state index in [2.05, 4.69) is 32.8 Å². The Morgan fingerprint density at radius 3 is 2.16 bits per heavy atom. The second-order valence-electron chi connectivity index (χ2n) is 16.3. The molecular weight excluding hydrogens is 644 g/mol. The molecule has 15 heteroatoms. The molecule has 0 atom stereocenters. The number of nitrogens with one attached hydrogen (secondary N) is 3. The molecule has 3 aliphatic carbocycles. The first kappa shape index (κ1) is 37.4. The van der Waals surface area contributed by atoms with E-state index in [4.69, 9.17) is 9.84 Å². The molecule has 1 aromatic heterocycles. The van der Waals surface area contributed by atoms with Crippen molar-refractivity contribution in [1.29, 1.82) is 0 Å². The lowest BCUT2D eigenvalue weighted by Crippen LogP contribution is -2.61. The van der Waals surface area contributed by atoms with Gasteiger partial charge in [0.05, 0.1) is 0 Å². The van der Waals surface area contributed by atoms with E-state index in [0.29, 0.717) is 17.4 Å². The quantitative estimate of drug-likeness (QED) is 0.298. The molecule has 5 amide bonds. The van der Waals surface area contributed by atoms with E-state index < -0.39 is 23.3 Å². The molecule has 1 aromatic rings. The molecule has 5 rings (SSSR count). The van der Waals surface area contributed by atoms with Crippen molar-refractivity contribution in [3.8, 4) is 0 Å². The summed E-state index contributed by atoms with van der Waals surface area (Å²) >= 11 is 0. The van der Waals surface area contributed by atoms with Crippen molar-refractivity contribution in [2.45, 2.75) is 122 Å². The first-order valence-corrected chi connectivity index (χ1v) is 18.1. The second kappa shape index (κ2) is 14.8. The molecule has 278 valence electrons. The largest absolute Gasteiger partial charge is 0.465 e. The Morgan fingerprint density at radius 2 is 1.60 bits per heavy atom. The van der Waals surface area contributed by atoms with Gasteiger partial charge in [-0.25, -0.2) is 19.2 Å². The monoisotopic (exact) mass is 700 g/mol. The van der Waals surface area contributed by atoms with Crippen LogP contribution in [0.5, 0.6) is 0 Å². The van der Waals surface area contributed by atoms with Crippen LogP contribution in [0.4, 0.5) is 20.2 Å². The maximum Gasteiger partial charge on any atom is 0.407 e. The van der Waals surface area contributed by atoms with Crippen LogP contribution in [0.1, 0.15) is 99.0 Å². The maximum absolute atomic E-state index is 13.0. The van der Waals surface area contributed by atoms with Gasteiger partial charge in [-0.3, -0.25) is 14.7 Å². The number of urea groups is 1. The summed E-state index contributed by atoms with van der Waals surface area (Å²) in [5, 5.41) is 17.0. The van der Waals surface area contributed by atoms with Crippen LogP contribution in [0, 0.1) is 11.3 Å². The normalized spacial score (nSPS) is 26.9. The van der Waals surface area contributed by atoms with Crippen molar-refractivity contribution in [3.63, 3.8) is 0 Å². The molecule has 0 unspecified atom stereocenters. The fraction of sp³-hybridized carbons (Fsp3) is 0.771. The van der Waals surface area contributed by atoms with E-state index in [-0.39, 0.29) is 61.8 Å². The zero-order valence-corrected chi connectivity index (χ0v) is 30.5. The van der Waals surface area contributed by atoms with Crippen LogP contribution in [-0.2, 0) is 9.53 Å². The molecular formula is C35H56N8O7. The van der Waals surface area contributed by atoms with Gasteiger partial charge >= 0.3 is 23.9 Å². The van der Waals surface area contributed by atoms with E-state index in [0.717, 1.165) is 51.6 Å². The Morgan fingerprint density at radius 1 is 0.980 bits per heavy atom. The molecule has 4 fully saturated rings. The third-order valence-electron chi connectivity index (χ3n) is 10.9. The Balaban J connectivity index is 1.02. The summed E-state index contributed by atoms with van der Waals surface area (Å²) in [6, 6.07) is 2.13. The number of ether oxygens (including phenoxy) is 1. The maximum atomic E-state index is 13.0. The second-order valence-corrected chi connectivity index (χ2v) is 16.3. The lowest BCUT2D eigenvalue weighted by atomic mass is 9.51. The highest BCUT2D eigenvalue weighted by Crippen LogP contribution is 2.57. The molecule has 2 heterocycles. The molecule has 1 aliphatic heterocycles. The molecule has 50 heavy (non-hydrogen) atoms. The molecule has 1 saturated heterocycles. The Hall–Kier alpha value is -3.88. The zero-order valence-electron chi connectivity index (χ0n) is 30.5. The molecule has 4 aliphatic rings. The summed E-state index contributed by atoms with van der Waals surface area (Å²) in [6.45, 7) is 14.0. The summed E-state index contributed by atoms with van der Waals surface area (Å²) in [5.41, 5.74) is -1.78. The predicted molar refractivity (Wildman–Crippen MR) is 187 cm³/mol. The number of rotatable bonds is 9. The van der Waals surface area contributed by atoms with Gasteiger partial charge in [0.1, 0.15) is 17.0 Å². The number of carbonyl (C=O) groups excluding carboxylic acids is 3. The summed E-state index contributed by atoms with van der Waals surface area (Å²) in [4.78, 5) is 71.7. The number of carboxylic acid groups (broad SMARTS) is 1. The standard InChI is InChI=1S/C35H56N8O7/c1-7-40(26-20-35(21-26)18-24(19-35)36-32(49)50-33(2,3)4)22-23-8-10-25(11-9-23)43-13-12-27(38-30(43)46)37-29(45)42-16-14-41(15-17-42)28(44)34(5,6)39-31(47)48/h12-13,23-26,39H,7-11,14-22H2,1-6H3,(H,36,49)(H,47,48)(H,37,38,45,46)/t23-,24?,25-,26?,35?. The average molecular weight is 701 g/mol. The molecule has 4 N–H and O–H groups in total. The van der Waals surface area contributed by atoms with Crippen LogP contribution < -0.4 is 21.6 Å². The van der Waals surface area contributed by atoms with E-state index in [1.54, 1.807) is 21.7 Å². The Bertz CT molecular complexity index is 1460. The lowest BCUT2D eigenvalue weighted by Gasteiger charge is -2.60. The van der Waals surface area contributed by atoms with E-state index in [9.17, 15) is 24.0 Å². The molecule has 1 spiro atoms. The van der Waals surface area contributed by atoms with Crippen molar-refractivity contribution in [2.24, 2.45) is 11.3 Å². The smallest absolute Gasteiger partial charge is 0.407 e. The number of amides is 5. The van der Waals surface area contributed by atoms with Crippen LogP contribution in [0.2, 0.25) is 0 Å². The topological polar surface area (TPSA) is 178 Å². The summed E-state index contributed by atoms with van der Waals surface area (Å²) in [6.07, 6.45) is 8.47. The average Bonchev–Trinajstić information content (AvgIpc) is 2.99. The molecule has 3 saturated carbocycles. The minimum absolute atomic E-state index is 0.0768. The molecule has 0 aromatic carbocycles. The van der Waals surface area contributed by atoms with Crippen molar-refractivity contribution in [3.05, 3.63) is 22.7 Å². The highest BCUT2D eigenvalue weighted by molar-refractivity contribution is 5.90. The minimum Gasteiger partial charge on any atom is -0.465 e. The number of carbonyl (C=O) groups is 4. The van der Waals surface area contributed by atoms with Gasteiger partial charge in [-0.05, 0) is 110 Å². The minimum atomic E-state index is -1.28. The number of hydrogen-bond acceptors (Lipinski definition) is 8. The first-order valence-electron chi connectivity index (χ1n) is 18.1. The van der Waals surface area contributed by atoms with Gasteiger partial charge in [0, 0.05) is 57.0 Å². The number of nitrogens with zero attached hydrogens (tertiary/aromatic N) is 5. The van der Waals surface area contributed by atoms with Crippen LogP contribution in [0.3, 0.4) is 0 Å². The molecule has 0 bridgehead atoms. The van der Waals surface area contributed by atoms with Crippen molar-refractivity contribution < 1.29 is 29.0 Å². The Kier molecular flexibility index (Phi) is 11.0. The predicted octanol–water partition coefficient (Wildman–Crippen LogP) is 3.85. The number of alkyl carbamates (subject to hydrolysis) is 1. The summed E-state index contributed by atoms with van der Waals surface area (Å²) in [7, 11) is 0. The number of hydrogen-bond donors (Lipinski definition) is 4. The summed E-state index contributed by atoms with van der Waals surface area (Å²) in [5.74, 6) is 0.418. The van der Waals surface area contributed by atoms with Gasteiger partial charge in [0.25, 0.3) is 0 Å².